The van der Waals surface area contributed by atoms with Crippen molar-refractivity contribution in [2.45, 2.75) is 31.8 Å². The van der Waals surface area contributed by atoms with Crippen molar-refractivity contribution >= 4 is 11.5 Å². The number of piperidine rings is 1. The lowest BCUT2D eigenvalue weighted by Crippen LogP contribution is -2.43. The van der Waals surface area contributed by atoms with E-state index in [4.69, 9.17) is 0 Å². The summed E-state index contributed by atoms with van der Waals surface area (Å²) >= 11 is 0. The first-order valence-corrected chi connectivity index (χ1v) is 8.56. The van der Waals surface area contributed by atoms with Crippen LogP contribution in [0.4, 0.5) is 5.82 Å². The molecule has 1 N–H and O–H groups in total. The standard InChI is InChI=1S/C19H22N4O/c1-2-16-14-18(23-17(21-16)8-11-20-23)22-12-9-19(24,10-13-22)15-6-4-3-5-7-15/h3-8,11,14,24H,2,9-10,12-13H2,1H3. The number of fused-ring (bicyclic) bond motifs is 1. The Labute approximate surface area is 141 Å². The molecular formula is C19H22N4O. The molecule has 0 aliphatic carbocycles. The maximum absolute atomic E-state index is 11.0. The third-order valence-corrected chi connectivity index (χ3v) is 4.98. The number of benzene rings is 1. The van der Waals surface area contributed by atoms with Gasteiger partial charge in [-0.25, -0.2) is 4.98 Å². The van der Waals surface area contributed by atoms with E-state index in [9.17, 15) is 5.11 Å². The second-order valence-electron chi connectivity index (χ2n) is 6.45. The average molecular weight is 322 g/mol. The van der Waals surface area contributed by atoms with Gasteiger partial charge in [0.05, 0.1) is 11.8 Å². The number of hydrogen-bond acceptors (Lipinski definition) is 4. The van der Waals surface area contributed by atoms with E-state index in [2.05, 4.69) is 28.0 Å². The van der Waals surface area contributed by atoms with E-state index in [-0.39, 0.29) is 0 Å². The fourth-order valence-electron chi connectivity index (χ4n) is 3.50. The van der Waals surface area contributed by atoms with Gasteiger partial charge in [-0.2, -0.15) is 9.61 Å². The van der Waals surface area contributed by atoms with Crippen molar-refractivity contribution in [3.05, 3.63) is 59.9 Å². The molecule has 1 aliphatic heterocycles. The van der Waals surface area contributed by atoms with Gasteiger partial charge in [0.25, 0.3) is 0 Å². The number of nitrogens with zero attached hydrogens (tertiary/aromatic N) is 4. The van der Waals surface area contributed by atoms with E-state index in [0.29, 0.717) is 12.8 Å². The van der Waals surface area contributed by atoms with Crippen LogP contribution in [0.3, 0.4) is 0 Å². The fraction of sp³-hybridized carbons (Fsp3) is 0.368. The summed E-state index contributed by atoms with van der Waals surface area (Å²) in [5.74, 6) is 1.07. The maximum Gasteiger partial charge on any atom is 0.157 e. The Morgan fingerprint density at radius 3 is 2.58 bits per heavy atom. The molecule has 5 nitrogen and oxygen atoms in total. The summed E-state index contributed by atoms with van der Waals surface area (Å²) in [7, 11) is 0. The topological polar surface area (TPSA) is 53.7 Å². The first-order chi connectivity index (χ1) is 11.7. The predicted molar refractivity (Wildman–Crippen MR) is 94.2 cm³/mol. The first kappa shape index (κ1) is 15.1. The highest BCUT2D eigenvalue weighted by molar-refractivity contribution is 5.51. The lowest BCUT2D eigenvalue weighted by Gasteiger charge is -2.39. The van der Waals surface area contributed by atoms with Gasteiger partial charge in [0.2, 0.25) is 0 Å². The summed E-state index contributed by atoms with van der Waals surface area (Å²) in [6.45, 7) is 3.71. The van der Waals surface area contributed by atoms with Crippen molar-refractivity contribution in [2.75, 3.05) is 18.0 Å². The molecule has 0 unspecified atom stereocenters. The van der Waals surface area contributed by atoms with Crippen LogP contribution in [0.25, 0.3) is 5.65 Å². The molecule has 24 heavy (non-hydrogen) atoms. The summed E-state index contributed by atoms with van der Waals surface area (Å²) in [4.78, 5) is 6.91. The highest BCUT2D eigenvalue weighted by Crippen LogP contribution is 2.34. The van der Waals surface area contributed by atoms with Crippen molar-refractivity contribution in [3.8, 4) is 0 Å². The van der Waals surface area contributed by atoms with Crippen LogP contribution < -0.4 is 4.90 Å². The molecule has 0 amide bonds. The van der Waals surface area contributed by atoms with Gasteiger partial charge < -0.3 is 10.0 Å². The highest BCUT2D eigenvalue weighted by atomic mass is 16.3. The Bertz CT molecular complexity index is 835. The number of anilines is 1. The van der Waals surface area contributed by atoms with Gasteiger partial charge in [-0.05, 0) is 24.8 Å². The fourth-order valence-corrected chi connectivity index (χ4v) is 3.50. The minimum Gasteiger partial charge on any atom is -0.385 e. The van der Waals surface area contributed by atoms with Gasteiger partial charge in [0.15, 0.2) is 5.65 Å². The zero-order chi connectivity index (χ0) is 16.6. The maximum atomic E-state index is 11.0. The van der Waals surface area contributed by atoms with Crippen molar-refractivity contribution in [3.63, 3.8) is 0 Å². The minimum absolute atomic E-state index is 0.712. The van der Waals surface area contributed by atoms with E-state index in [1.54, 1.807) is 6.20 Å². The highest BCUT2D eigenvalue weighted by Gasteiger charge is 2.34. The summed E-state index contributed by atoms with van der Waals surface area (Å²) in [6.07, 6.45) is 4.11. The molecule has 5 heteroatoms. The van der Waals surface area contributed by atoms with E-state index >= 15 is 0 Å². The lowest BCUT2D eigenvalue weighted by atomic mass is 9.84. The molecule has 1 aliphatic rings. The molecule has 0 saturated carbocycles. The molecule has 3 heterocycles. The van der Waals surface area contributed by atoms with E-state index < -0.39 is 5.60 Å². The van der Waals surface area contributed by atoms with Crippen molar-refractivity contribution < 1.29 is 5.11 Å². The second-order valence-corrected chi connectivity index (χ2v) is 6.45. The third-order valence-electron chi connectivity index (χ3n) is 4.98. The van der Waals surface area contributed by atoms with Crippen LogP contribution in [-0.2, 0) is 12.0 Å². The van der Waals surface area contributed by atoms with Crippen LogP contribution in [0.15, 0.2) is 48.7 Å². The summed E-state index contributed by atoms with van der Waals surface area (Å²) in [5, 5.41) is 15.4. The molecule has 124 valence electrons. The van der Waals surface area contributed by atoms with Crippen LogP contribution in [0.5, 0.6) is 0 Å². The van der Waals surface area contributed by atoms with Gasteiger partial charge in [-0.15, -0.1) is 0 Å². The zero-order valence-electron chi connectivity index (χ0n) is 13.9. The normalized spacial score (nSPS) is 17.3. The van der Waals surface area contributed by atoms with Crippen molar-refractivity contribution in [1.82, 2.24) is 14.6 Å². The van der Waals surface area contributed by atoms with Gasteiger partial charge in [0, 0.05) is 30.9 Å². The Morgan fingerprint density at radius 1 is 1.12 bits per heavy atom. The van der Waals surface area contributed by atoms with E-state index in [0.717, 1.165) is 42.2 Å². The Balaban J connectivity index is 1.61. The molecule has 4 rings (SSSR count). The number of aromatic nitrogens is 3. The molecule has 0 bridgehead atoms. The molecule has 1 fully saturated rings. The molecule has 2 aromatic heterocycles. The molecular weight excluding hydrogens is 300 g/mol. The number of aryl methyl sites for hydroxylation is 1. The van der Waals surface area contributed by atoms with E-state index in [1.165, 1.54) is 0 Å². The quantitative estimate of drug-likeness (QED) is 0.805. The minimum atomic E-state index is -0.735. The zero-order valence-corrected chi connectivity index (χ0v) is 13.9. The lowest BCUT2D eigenvalue weighted by molar-refractivity contribution is 0.0116. The SMILES string of the molecule is CCc1cc(N2CCC(O)(c3ccccc3)CC2)n2nccc2n1. The molecule has 0 radical (unpaired) electrons. The van der Waals surface area contributed by atoms with Gasteiger partial charge >= 0.3 is 0 Å². The first-order valence-electron chi connectivity index (χ1n) is 8.56. The molecule has 0 spiro atoms. The van der Waals surface area contributed by atoms with Gasteiger partial charge in [-0.3, -0.25) is 0 Å². The monoisotopic (exact) mass is 322 g/mol. The molecule has 1 aromatic carbocycles. The smallest absolute Gasteiger partial charge is 0.157 e. The molecule has 1 saturated heterocycles. The predicted octanol–water partition coefficient (Wildman–Crippen LogP) is 2.78. The molecule has 0 atom stereocenters. The second kappa shape index (κ2) is 5.91. The summed E-state index contributed by atoms with van der Waals surface area (Å²) in [6, 6.07) is 14.1. The Hall–Kier alpha value is -2.40. The average Bonchev–Trinajstić information content (AvgIpc) is 3.11. The van der Waals surface area contributed by atoms with E-state index in [1.807, 2.05) is 40.9 Å². The summed E-state index contributed by atoms with van der Waals surface area (Å²) in [5.41, 5.74) is 2.23. The van der Waals surface area contributed by atoms with Crippen LogP contribution >= 0.6 is 0 Å². The third kappa shape index (κ3) is 2.55. The van der Waals surface area contributed by atoms with Crippen LogP contribution in [0.1, 0.15) is 31.0 Å². The van der Waals surface area contributed by atoms with Gasteiger partial charge in [0.1, 0.15) is 5.82 Å². The largest absolute Gasteiger partial charge is 0.385 e. The number of rotatable bonds is 3. The van der Waals surface area contributed by atoms with Crippen molar-refractivity contribution in [1.29, 1.82) is 0 Å². The van der Waals surface area contributed by atoms with Crippen LogP contribution in [0, 0.1) is 0 Å². The summed E-state index contributed by atoms with van der Waals surface area (Å²) < 4.78 is 1.89. The number of hydrogen-bond donors (Lipinski definition) is 1. The van der Waals surface area contributed by atoms with Crippen LogP contribution in [-0.4, -0.2) is 32.8 Å². The Morgan fingerprint density at radius 2 is 1.88 bits per heavy atom. The molecule has 3 aromatic rings. The van der Waals surface area contributed by atoms with Crippen molar-refractivity contribution in [2.24, 2.45) is 0 Å². The Kier molecular flexibility index (Phi) is 3.73. The van der Waals surface area contributed by atoms with Crippen LogP contribution in [0.2, 0.25) is 0 Å². The van der Waals surface area contributed by atoms with Gasteiger partial charge in [-0.1, -0.05) is 37.3 Å². The number of aliphatic hydroxyl groups is 1.